The number of aliphatic hydroxyl groups is 1. The smallest absolute Gasteiger partial charge is 0.262 e. The fourth-order valence-electron chi connectivity index (χ4n) is 2.64. The summed E-state index contributed by atoms with van der Waals surface area (Å²) in [5.74, 6) is 0.755. The third-order valence-corrected chi connectivity index (χ3v) is 5.29. The molecule has 0 amide bonds. The van der Waals surface area contributed by atoms with E-state index in [1.165, 1.54) is 22.2 Å². The lowest BCUT2D eigenvalue weighted by Gasteiger charge is -2.15. The molecule has 2 aromatic heterocycles. The zero-order valence-corrected chi connectivity index (χ0v) is 15.5. The van der Waals surface area contributed by atoms with Gasteiger partial charge in [0.05, 0.1) is 18.3 Å². The lowest BCUT2D eigenvalue weighted by molar-refractivity contribution is 0.0911. The Morgan fingerprint density at radius 3 is 2.88 bits per heavy atom. The van der Waals surface area contributed by atoms with Crippen LogP contribution in [0.1, 0.15) is 22.9 Å². The molecule has 0 bridgehead atoms. The minimum absolute atomic E-state index is 0.119. The molecule has 5 nitrogen and oxygen atoms in total. The van der Waals surface area contributed by atoms with Gasteiger partial charge in [-0.05, 0) is 43.5 Å². The Morgan fingerprint density at radius 2 is 2.12 bits per heavy atom. The van der Waals surface area contributed by atoms with Crippen molar-refractivity contribution in [1.82, 2.24) is 9.55 Å². The molecule has 0 aliphatic rings. The molecule has 1 unspecified atom stereocenters. The van der Waals surface area contributed by atoms with Crippen LogP contribution >= 0.6 is 11.3 Å². The summed E-state index contributed by atoms with van der Waals surface area (Å²) in [5, 5.41) is 10.9. The van der Waals surface area contributed by atoms with Crippen molar-refractivity contribution < 1.29 is 9.84 Å². The second-order valence-corrected chi connectivity index (χ2v) is 7.34. The van der Waals surface area contributed by atoms with E-state index in [1.54, 1.807) is 0 Å². The van der Waals surface area contributed by atoms with Crippen LogP contribution in [0, 0.1) is 13.8 Å². The zero-order chi connectivity index (χ0) is 18.0. The number of ether oxygens (including phenoxy) is 1. The van der Waals surface area contributed by atoms with E-state index >= 15 is 0 Å². The van der Waals surface area contributed by atoms with Crippen LogP contribution in [0.5, 0.6) is 5.75 Å². The van der Waals surface area contributed by atoms with Crippen molar-refractivity contribution >= 4 is 21.6 Å². The first-order valence-corrected chi connectivity index (χ1v) is 9.15. The molecule has 2 heterocycles. The standard InChI is InChI=1S/C19H22N2O3S/c1-4-15-8-16-18(25-15)20-11-21(19(16)23)9-14(22)10-24-17-7-12(2)5-6-13(17)3/h5-8,11,14,22H,4,9-10H2,1-3H3. The van der Waals surface area contributed by atoms with Gasteiger partial charge in [-0.15, -0.1) is 11.3 Å². The summed E-state index contributed by atoms with van der Waals surface area (Å²) in [6.07, 6.45) is 1.59. The summed E-state index contributed by atoms with van der Waals surface area (Å²) in [6.45, 7) is 6.29. The van der Waals surface area contributed by atoms with Crippen LogP contribution in [0.25, 0.3) is 10.2 Å². The molecule has 0 aliphatic carbocycles. The van der Waals surface area contributed by atoms with Gasteiger partial charge < -0.3 is 9.84 Å². The number of fused-ring (bicyclic) bond motifs is 1. The van der Waals surface area contributed by atoms with E-state index in [0.717, 1.165) is 33.0 Å². The summed E-state index contributed by atoms with van der Waals surface area (Å²) < 4.78 is 7.17. The van der Waals surface area contributed by atoms with E-state index in [-0.39, 0.29) is 18.7 Å². The van der Waals surface area contributed by atoms with Gasteiger partial charge in [0.1, 0.15) is 23.3 Å². The number of aromatic nitrogens is 2. The second-order valence-electron chi connectivity index (χ2n) is 6.22. The summed E-state index contributed by atoms with van der Waals surface area (Å²) in [5.41, 5.74) is 2.00. The number of benzene rings is 1. The summed E-state index contributed by atoms with van der Waals surface area (Å²) in [4.78, 5) is 18.8. The molecule has 6 heteroatoms. The van der Waals surface area contributed by atoms with Gasteiger partial charge in [-0.1, -0.05) is 19.1 Å². The molecule has 1 N–H and O–H groups in total. The Hall–Kier alpha value is -2.18. The Kier molecular flexibility index (Phi) is 5.20. The third kappa shape index (κ3) is 3.91. The first kappa shape index (κ1) is 17.6. The third-order valence-electron chi connectivity index (χ3n) is 4.10. The molecule has 1 atom stereocenters. The predicted molar refractivity (Wildman–Crippen MR) is 101 cm³/mol. The van der Waals surface area contributed by atoms with Gasteiger partial charge in [-0.25, -0.2) is 4.98 Å². The largest absolute Gasteiger partial charge is 0.491 e. The summed E-state index contributed by atoms with van der Waals surface area (Å²) in [7, 11) is 0. The maximum atomic E-state index is 12.5. The fourth-order valence-corrected chi connectivity index (χ4v) is 3.57. The van der Waals surface area contributed by atoms with Crippen LogP contribution < -0.4 is 10.3 Å². The van der Waals surface area contributed by atoms with Gasteiger partial charge in [0.15, 0.2) is 0 Å². The van der Waals surface area contributed by atoms with E-state index < -0.39 is 6.10 Å². The number of hydrogen-bond acceptors (Lipinski definition) is 5. The van der Waals surface area contributed by atoms with Crippen molar-refractivity contribution in [2.75, 3.05) is 6.61 Å². The van der Waals surface area contributed by atoms with Gasteiger partial charge in [-0.3, -0.25) is 9.36 Å². The Balaban J connectivity index is 1.71. The molecule has 0 radical (unpaired) electrons. The molecule has 0 saturated carbocycles. The Labute approximate surface area is 150 Å². The van der Waals surface area contributed by atoms with E-state index in [4.69, 9.17) is 4.74 Å². The molecule has 3 aromatic rings. The number of nitrogens with zero attached hydrogens (tertiary/aromatic N) is 2. The number of hydrogen-bond donors (Lipinski definition) is 1. The monoisotopic (exact) mass is 358 g/mol. The van der Waals surface area contributed by atoms with Crippen LogP contribution in [0.3, 0.4) is 0 Å². The molecule has 132 valence electrons. The predicted octanol–water partition coefficient (Wildman–Crippen LogP) is 3.08. The van der Waals surface area contributed by atoms with Crippen molar-refractivity contribution in [3.05, 3.63) is 57.0 Å². The van der Waals surface area contributed by atoms with Crippen LogP contribution in [0.15, 0.2) is 35.4 Å². The summed E-state index contributed by atoms with van der Waals surface area (Å²) in [6, 6.07) is 7.84. The Morgan fingerprint density at radius 1 is 1.32 bits per heavy atom. The molecular weight excluding hydrogens is 336 g/mol. The van der Waals surface area contributed by atoms with Crippen LogP contribution in [0.2, 0.25) is 0 Å². The maximum absolute atomic E-state index is 12.5. The molecule has 0 spiro atoms. The van der Waals surface area contributed by atoms with E-state index in [0.29, 0.717) is 5.39 Å². The highest BCUT2D eigenvalue weighted by molar-refractivity contribution is 7.18. The lowest BCUT2D eigenvalue weighted by Crippen LogP contribution is -2.30. The van der Waals surface area contributed by atoms with Gasteiger partial charge in [0.25, 0.3) is 5.56 Å². The van der Waals surface area contributed by atoms with Gasteiger partial charge in [-0.2, -0.15) is 0 Å². The first-order chi connectivity index (χ1) is 12.0. The average molecular weight is 358 g/mol. The number of thiophene rings is 1. The molecule has 0 aliphatic heterocycles. The highest BCUT2D eigenvalue weighted by Crippen LogP contribution is 2.21. The molecule has 25 heavy (non-hydrogen) atoms. The van der Waals surface area contributed by atoms with Crippen LogP contribution in [-0.2, 0) is 13.0 Å². The highest BCUT2D eigenvalue weighted by atomic mass is 32.1. The number of rotatable bonds is 6. The quantitative estimate of drug-likeness (QED) is 0.735. The SMILES string of the molecule is CCc1cc2c(=O)n(CC(O)COc3cc(C)ccc3C)cnc2s1. The maximum Gasteiger partial charge on any atom is 0.262 e. The van der Waals surface area contributed by atoms with Crippen molar-refractivity contribution in [2.45, 2.75) is 39.8 Å². The van der Waals surface area contributed by atoms with Crippen molar-refractivity contribution in [2.24, 2.45) is 0 Å². The highest BCUT2D eigenvalue weighted by Gasteiger charge is 2.12. The molecule has 3 rings (SSSR count). The van der Waals surface area contributed by atoms with Gasteiger partial charge in [0.2, 0.25) is 0 Å². The van der Waals surface area contributed by atoms with Crippen LogP contribution in [-0.4, -0.2) is 27.4 Å². The van der Waals surface area contributed by atoms with Crippen molar-refractivity contribution in [3.8, 4) is 5.75 Å². The molecule has 0 fully saturated rings. The van der Waals surface area contributed by atoms with Crippen LogP contribution in [0.4, 0.5) is 0 Å². The van der Waals surface area contributed by atoms with Crippen molar-refractivity contribution in [1.29, 1.82) is 0 Å². The molecule has 1 aromatic carbocycles. The van der Waals surface area contributed by atoms with Crippen molar-refractivity contribution in [3.63, 3.8) is 0 Å². The first-order valence-electron chi connectivity index (χ1n) is 8.34. The number of aryl methyl sites for hydroxylation is 3. The van der Waals surface area contributed by atoms with Gasteiger partial charge >= 0.3 is 0 Å². The fraction of sp³-hybridized carbons (Fsp3) is 0.368. The lowest BCUT2D eigenvalue weighted by atomic mass is 10.1. The average Bonchev–Trinajstić information content (AvgIpc) is 3.02. The van der Waals surface area contributed by atoms with E-state index in [9.17, 15) is 9.90 Å². The minimum Gasteiger partial charge on any atom is -0.491 e. The summed E-state index contributed by atoms with van der Waals surface area (Å²) >= 11 is 1.54. The van der Waals surface area contributed by atoms with E-state index in [1.807, 2.05) is 38.1 Å². The molecule has 0 saturated heterocycles. The zero-order valence-electron chi connectivity index (χ0n) is 14.7. The normalized spacial score (nSPS) is 12.5. The molecular formula is C19H22N2O3S. The minimum atomic E-state index is -0.791. The number of aliphatic hydroxyl groups excluding tert-OH is 1. The van der Waals surface area contributed by atoms with Gasteiger partial charge in [0, 0.05) is 4.88 Å². The Bertz CT molecular complexity index is 945. The topological polar surface area (TPSA) is 64.4 Å². The second kappa shape index (κ2) is 7.37. The van der Waals surface area contributed by atoms with E-state index in [2.05, 4.69) is 11.9 Å².